The van der Waals surface area contributed by atoms with Crippen molar-refractivity contribution < 1.29 is 23.8 Å². The van der Waals surface area contributed by atoms with Crippen LogP contribution in [0.4, 0.5) is 21.9 Å². The predicted octanol–water partition coefficient (Wildman–Crippen LogP) is 3.97. The minimum atomic E-state index is -0.446. The van der Waals surface area contributed by atoms with Gasteiger partial charge in [-0.2, -0.15) is 0 Å². The molecule has 3 amide bonds. The molecule has 0 aliphatic carbocycles. The standard InChI is InChI=1S/C31H37N5O5/c1-39-26-17-25(18-27(20-26)40-2)34-31(38)33-24-7-8-29(36-11-9-22-5-3-4-6-23(22)21-36)28(19-24)30(37)32-10-12-35-13-15-41-16-14-35/h3-8,17-20H,9-16,21H2,1-2H3,(H,32,37)(H2,33,34,38). The summed E-state index contributed by atoms with van der Waals surface area (Å²) in [6.45, 7) is 5.96. The zero-order valence-electron chi connectivity index (χ0n) is 23.6. The highest BCUT2D eigenvalue weighted by atomic mass is 16.5. The summed E-state index contributed by atoms with van der Waals surface area (Å²) in [5, 5.41) is 8.76. The van der Waals surface area contributed by atoms with Gasteiger partial charge in [-0.05, 0) is 35.7 Å². The van der Waals surface area contributed by atoms with Crippen LogP contribution in [0.2, 0.25) is 0 Å². The van der Waals surface area contributed by atoms with Crippen LogP contribution in [0.15, 0.2) is 60.7 Å². The van der Waals surface area contributed by atoms with Crippen LogP contribution in [0.3, 0.4) is 0 Å². The molecule has 10 heteroatoms. The van der Waals surface area contributed by atoms with Crippen LogP contribution < -0.4 is 30.3 Å². The van der Waals surface area contributed by atoms with E-state index in [0.717, 1.165) is 44.8 Å². The van der Waals surface area contributed by atoms with Gasteiger partial charge in [-0.1, -0.05) is 24.3 Å². The lowest BCUT2D eigenvalue weighted by molar-refractivity contribution is 0.0383. The fraction of sp³-hybridized carbons (Fsp3) is 0.355. The summed E-state index contributed by atoms with van der Waals surface area (Å²) < 4.78 is 16.0. The van der Waals surface area contributed by atoms with Gasteiger partial charge in [0.1, 0.15) is 11.5 Å². The van der Waals surface area contributed by atoms with E-state index in [1.54, 1.807) is 38.5 Å². The van der Waals surface area contributed by atoms with Crippen molar-refractivity contribution in [2.24, 2.45) is 0 Å². The molecule has 41 heavy (non-hydrogen) atoms. The third kappa shape index (κ3) is 7.27. The number of carbonyl (C=O) groups is 2. The van der Waals surface area contributed by atoms with Crippen LogP contribution in [0.1, 0.15) is 21.5 Å². The first-order chi connectivity index (χ1) is 20.0. The molecule has 3 aromatic carbocycles. The number of morpholine rings is 1. The first kappa shape index (κ1) is 28.3. The van der Waals surface area contributed by atoms with E-state index in [9.17, 15) is 9.59 Å². The summed E-state index contributed by atoms with van der Waals surface area (Å²) in [5.74, 6) is 0.944. The number of urea groups is 1. The lowest BCUT2D eigenvalue weighted by Gasteiger charge is -2.32. The van der Waals surface area contributed by atoms with Crippen molar-refractivity contribution in [1.82, 2.24) is 10.2 Å². The quantitative estimate of drug-likeness (QED) is 0.365. The zero-order valence-corrected chi connectivity index (χ0v) is 23.6. The largest absolute Gasteiger partial charge is 0.497 e. The number of nitrogens with one attached hydrogen (secondary N) is 3. The molecule has 2 aliphatic heterocycles. The zero-order chi connectivity index (χ0) is 28.6. The van der Waals surface area contributed by atoms with Gasteiger partial charge < -0.3 is 35.1 Å². The Morgan fingerprint density at radius 1 is 0.854 bits per heavy atom. The Morgan fingerprint density at radius 3 is 2.29 bits per heavy atom. The molecule has 0 bridgehead atoms. The maximum Gasteiger partial charge on any atom is 0.323 e. The van der Waals surface area contributed by atoms with Crippen molar-refractivity contribution in [1.29, 1.82) is 0 Å². The maximum absolute atomic E-state index is 13.5. The number of ether oxygens (including phenoxy) is 3. The molecule has 0 spiro atoms. The number of fused-ring (bicyclic) bond motifs is 1. The van der Waals surface area contributed by atoms with Gasteiger partial charge in [0.15, 0.2) is 0 Å². The van der Waals surface area contributed by atoms with E-state index in [4.69, 9.17) is 14.2 Å². The number of nitrogens with zero attached hydrogens (tertiary/aromatic N) is 2. The average Bonchev–Trinajstić information content (AvgIpc) is 3.01. The second kappa shape index (κ2) is 13.4. The van der Waals surface area contributed by atoms with Gasteiger partial charge in [0, 0.05) is 74.5 Å². The number of rotatable bonds is 9. The summed E-state index contributed by atoms with van der Waals surface area (Å²) in [5.41, 5.74) is 4.98. The van der Waals surface area contributed by atoms with Crippen molar-refractivity contribution in [3.63, 3.8) is 0 Å². The molecule has 0 atom stereocenters. The molecule has 0 radical (unpaired) electrons. The highest BCUT2D eigenvalue weighted by molar-refractivity contribution is 6.04. The second-order valence-corrected chi connectivity index (χ2v) is 10.1. The lowest BCUT2D eigenvalue weighted by Crippen LogP contribution is -2.41. The Labute approximate surface area is 240 Å². The topological polar surface area (TPSA) is 104 Å². The number of benzene rings is 3. The smallest absolute Gasteiger partial charge is 0.323 e. The molecular formula is C31H37N5O5. The third-order valence-electron chi connectivity index (χ3n) is 7.40. The fourth-order valence-corrected chi connectivity index (χ4v) is 5.19. The molecule has 0 aromatic heterocycles. The Morgan fingerprint density at radius 2 is 1.56 bits per heavy atom. The van der Waals surface area contributed by atoms with E-state index in [-0.39, 0.29) is 5.91 Å². The minimum absolute atomic E-state index is 0.172. The van der Waals surface area contributed by atoms with Gasteiger partial charge in [-0.3, -0.25) is 9.69 Å². The van der Waals surface area contributed by atoms with E-state index < -0.39 is 6.03 Å². The van der Waals surface area contributed by atoms with Crippen LogP contribution in [0.25, 0.3) is 0 Å². The monoisotopic (exact) mass is 559 g/mol. The van der Waals surface area contributed by atoms with Crippen molar-refractivity contribution in [3.05, 3.63) is 77.4 Å². The Bertz CT molecular complexity index is 1350. The highest BCUT2D eigenvalue weighted by Gasteiger charge is 2.22. The molecule has 10 nitrogen and oxygen atoms in total. The van der Waals surface area contributed by atoms with Crippen molar-refractivity contribution in [2.45, 2.75) is 13.0 Å². The molecule has 0 unspecified atom stereocenters. The molecule has 2 heterocycles. The minimum Gasteiger partial charge on any atom is -0.497 e. The molecule has 3 aromatic rings. The van der Waals surface area contributed by atoms with E-state index in [0.29, 0.717) is 48.2 Å². The molecule has 2 aliphatic rings. The fourth-order valence-electron chi connectivity index (χ4n) is 5.19. The van der Waals surface area contributed by atoms with Crippen molar-refractivity contribution in [2.75, 3.05) is 75.7 Å². The molecule has 1 saturated heterocycles. The maximum atomic E-state index is 13.5. The lowest BCUT2D eigenvalue weighted by atomic mass is 9.98. The SMILES string of the molecule is COc1cc(NC(=O)Nc2ccc(N3CCc4ccccc4C3)c(C(=O)NCCN3CCOCC3)c2)cc(OC)c1. The second-order valence-electron chi connectivity index (χ2n) is 10.1. The Balaban J connectivity index is 1.33. The molecule has 216 valence electrons. The number of carbonyl (C=O) groups excluding carboxylic acids is 2. The van der Waals surface area contributed by atoms with E-state index in [2.05, 4.69) is 43.9 Å². The van der Waals surface area contributed by atoms with Crippen LogP contribution in [0, 0.1) is 0 Å². The summed E-state index contributed by atoms with van der Waals surface area (Å²) in [6, 6.07) is 18.6. The van der Waals surface area contributed by atoms with E-state index in [1.165, 1.54) is 11.1 Å². The predicted molar refractivity (Wildman–Crippen MR) is 159 cm³/mol. The number of methoxy groups -OCH3 is 2. The molecule has 5 rings (SSSR count). The molecule has 1 fully saturated rings. The summed E-state index contributed by atoms with van der Waals surface area (Å²) >= 11 is 0. The average molecular weight is 560 g/mol. The summed E-state index contributed by atoms with van der Waals surface area (Å²) in [6.07, 6.45) is 0.903. The van der Waals surface area contributed by atoms with Crippen LogP contribution in [0.5, 0.6) is 11.5 Å². The first-order valence-electron chi connectivity index (χ1n) is 13.9. The number of hydrogen-bond donors (Lipinski definition) is 3. The summed E-state index contributed by atoms with van der Waals surface area (Å²) in [7, 11) is 3.10. The Hall–Kier alpha value is -4.28. The number of amides is 3. The van der Waals surface area contributed by atoms with Gasteiger partial charge in [0.2, 0.25) is 0 Å². The van der Waals surface area contributed by atoms with Crippen LogP contribution >= 0.6 is 0 Å². The van der Waals surface area contributed by atoms with Gasteiger partial charge in [-0.15, -0.1) is 0 Å². The van der Waals surface area contributed by atoms with E-state index in [1.807, 2.05) is 18.2 Å². The van der Waals surface area contributed by atoms with Gasteiger partial charge >= 0.3 is 6.03 Å². The van der Waals surface area contributed by atoms with Gasteiger partial charge in [0.25, 0.3) is 5.91 Å². The highest BCUT2D eigenvalue weighted by Crippen LogP contribution is 2.30. The molecule has 0 saturated carbocycles. The van der Waals surface area contributed by atoms with Crippen LogP contribution in [-0.2, 0) is 17.7 Å². The molecular weight excluding hydrogens is 522 g/mol. The Kier molecular flexibility index (Phi) is 9.22. The number of hydrogen-bond acceptors (Lipinski definition) is 7. The first-order valence-corrected chi connectivity index (χ1v) is 13.9. The third-order valence-corrected chi connectivity index (χ3v) is 7.40. The number of anilines is 3. The summed E-state index contributed by atoms with van der Waals surface area (Å²) in [4.78, 5) is 30.9. The van der Waals surface area contributed by atoms with E-state index >= 15 is 0 Å². The van der Waals surface area contributed by atoms with Crippen molar-refractivity contribution in [3.8, 4) is 11.5 Å². The van der Waals surface area contributed by atoms with Crippen LogP contribution in [-0.4, -0.2) is 77.0 Å². The van der Waals surface area contributed by atoms with Gasteiger partial charge in [-0.25, -0.2) is 4.79 Å². The molecule has 3 N–H and O–H groups in total. The normalized spacial score (nSPS) is 15.0. The van der Waals surface area contributed by atoms with Gasteiger partial charge in [0.05, 0.1) is 33.0 Å². The van der Waals surface area contributed by atoms with Crippen molar-refractivity contribution >= 4 is 29.0 Å².